The zero-order chi connectivity index (χ0) is 25.4. The second-order valence-corrected chi connectivity index (χ2v) is 9.71. The minimum atomic E-state index is -5.56. The standard InChI is InChI=1S/C21H19F3N4O6S/c22-21(23,24)35(32,33)16-3-1-15(2-4-16)28-18(29)13-27(20(28)31)12-14-5-6-25-17(11-14)19(30)26-7-9-34-10-8-26/h1-6,11H,7-10,12-13H2. The van der Waals surface area contributed by atoms with E-state index >= 15 is 0 Å². The summed E-state index contributed by atoms with van der Waals surface area (Å²) in [5, 5.41) is 0. The second-order valence-electron chi connectivity index (χ2n) is 7.76. The van der Waals surface area contributed by atoms with Gasteiger partial charge in [-0.2, -0.15) is 13.2 Å². The number of hydrogen-bond acceptors (Lipinski definition) is 7. The van der Waals surface area contributed by atoms with E-state index < -0.39 is 32.2 Å². The molecular weight excluding hydrogens is 493 g/mol. The molecule has 0 N–H and O–H groups in total. The highest BCUT2D eigenvalue weighted by molar-refractivity contribution is 7.92. The number of anilines is 1. The number of urea groups is 1. The number of rotatable bonds is 5. The Kier molecular flexibility index (Phi) is 6.51. The molecule has 2 aliphatic heterocycles. The van der Waals surface area contributed by atoms with E-state index in [4.69, 9.17) is 4.74 Å². The predicted molar refractivity (Wildman–Crippen MR) is 114 cm³/mol. The highest BCUT2D eigenvalue weighted by atomic mass is 32.2. The molecule has 35 heavy (non-hydrogen) atoms. The van der Waals surface area contributed by atoms with Crippen molar-refractivity contribution in [3.8, 4) is 0 Å². The zero-order valence-electron chi connectivity index (χ0n) is 18.1. The van der Waals surface area contributed by atoms with Crippen LogP contribution in [0.1, 0.15) is 16.1 Å². The number of alkyl halides is 3. The number of pyridine rings is 1. The minimum absolute atomic E-state index is 0.0203. The Morgan fingerprint density at radius 1 is 1.06 bits per heavy atom. The average Bonchev–Trinajstić information content (AvgIpc) is 3.11. The Morgan fingerprint density at radius 2 is 1.71 bits per heavy atom. The Labute approximate surface area is 197 Å². The van der Waals surface area contributed by atoms with Crippen LogP contribution in [0.25, 0.3) is 0 Å². The topological polar surface area (TPSA) is 117 Å². The van der Waals surface area contributed by atoms with Gasteiger partial charge in [0.05, 0.1) is 23.8 Å². The van der Waals surface area contributed by atoms with Crippen LogP contribution in [0.4, 0.5) is 23.7 Å². The van der Waals surface area contributed by atoms with Crippen molar-refractivity contribution < 1.29 is 40.7 Å². The van der Waals surface area contributed by atoms with E-state index in [1.54, 1.807) is 11.0 Å². The number of hydrogen-bond donors (Lipinski definition) is 0. The molecule has 0 aliphatic carbocycles. The lowest BCUT2D eigenvalue weighted by Gasteiger charge is -2.26. The van der Waals surface area contributed by atoms with Gasteiger partial charge < -0.3 is 14.5 Å². The van der Waals surface area contributed by atoms with E-state index in [-0.39, 0.29) is 30.4 Å². The summed E-state index contributed by atoms with van der Waals surface area (Å²) < 4.78 is 66.5. The number of benzene rings is 1. The fraction of sp³-hybridized carbons (Fsp3) is 0.333. The van der Waals surface area contributed by atoms with Gasteiger partial charge in [0.15, 0.2) is 0 Å². The van der Waals surface area contributed by atoms with E-state index in [1.165, 1.54) is 17.2 Å². The summed E-state index contributed by atoms with van der Waals surface area (Å²) in [6.45, 7) is 1.39. The first kappa shape index (κ1) is 24.6. The van der Waals surface area contributed by atoms with Crippen LogP contribution in [0.3, 0.4) is 0 Å². The van der Waals surface area contributed by atoms with Crippen molar-refractivity contribution in [1.82, 2.24) is 14.8 Å². The highest BCUT2D eigenvalue weighted by Crippen LogP contribution is 2.32. The van der Waals surface area contributed by atoms with Gasteiger partial charge in [-0.25, -0.2) is 18.1 Å². The van der Waals surface area contributed by atoms with Crippen LogP contribution in [-0.4, -0.2) is 79.4 Å². The van der Waals surface area contributed by atoms with Crippen molar-refractivity contribution in [2.24, 2.45) is 0 Å². The van der Waals surface area contributed by atoms with Gasteiger partial charge in [0.1, 0.15) is 12.2 Å². The van der Waals surface area contributed by atoms with Crippen LogP contribution < -0.4 is 4.90 Å². The first-order chi connectivity index (χ1) is 16.5. The molecule has 4 amide bonds. The number of morpholine rings is 1. The second kappa shape index (κ2) is 9.26. The monoisotopic (exact) mass is 512 g/mol. The van der Waals surface area contributed by atoms with E-state index in [2.05, 4.69) is 4.98 Å². The van der Waals surface area contributed by atoms with Crippen molar-refractivity contribution in [1.29, 1.82) is 0 Å². The van der Waals surface area contributed by atoms with E-state index in [9.17, 15) is 36.0 Å². The Morgan fingerprint density at radius 3 is 2.34 bits per heavy atom. The molecule has 4 rings (SSSR count). The summed E-state index contributed by atoms with van der Waals surface area (Å²) in [4.78, 5) is 44.6. The summed E-state index contributed by atoms with van der Waals surface area (Å²) in [6.07, 6.45) is 1.42. The van der Waals surface area contributed by atoms with E-state index in [0.717, 1.165) is 17.0 Å². The van der Waals surface area contributed by atoms with Gasteiger partial charge in [0, 0.05) is 25.8 Å². The SMILES string of the molecule is O=C(c1cc(CN2CC(=O)N(c3ccc(S(=O)(=O)C(F)(F)F)cc3)C2=O)ccn1)N1CCOCC1. The summed E-state index contributed by atoms with van der Waals surface area (Å²) >= 11 is 0. The van der Waals surface area contributed by atoms with Crippen LogP contribution >= 0.6 is 0 Å². The number of imide groups is 1. The molecule has 186 valence electrons. The van der Waals surface area contributed by atoms with Crippen molar-refractivity contribution >= 4 is 33.4 Å². The third-order valence-corrected chi connectivity index (χ3v) is 6.96. The van der Waals surface area contributed by atoms with Gasteiger partial charge >= 0.3 is 11.5 Å². The number of ether oxygens (including phenoxy) is 1. The number of halogens is 3. The van der Waals surface area contributed by atoms with Crippen molar-refractivity contribution in [3.05, 3.63) is 53.9 Å². The number of sulfone groups is 1. The Hall–Kier alpha value is -3.52. The molecule has 1 aromatic carbocycles. The molecule has 0 atom stereocenters. The molecule has 2 aliphatic rings. The Bertz CT molecular complexity index is 1260. The maximum atomic E-state index is 12.9. The van der Waals surface area contributed by atoms with E-state index in [0.29, 0.717) is 44.0 Å². The third-order valence-electron chi connectivity index (χ3n) is 5.46. The number of nitrogens with zero attached hydrogens (tertiary/aromatic N) is 4. The van der Waals surface area contributed by atoms with Gasteiger partial charge in [0.25, 0.3) is 21.7 Å². The van der Waals surface area contributed by atoms with Crippen LogP contribution in [0.15, 0.2) is 47.5 Å². The molecular formula is C21H19F3N4O6S. The maximum absolute atomic E-state index is 12.9. The van der Waals surface area contributed by atoms with Crippen LogP contribution in [0.2, 0.25) is 0 Å². The van der Waals surface area contributed by atoms with Crippen molar-refractivity contribution in [2.45, 2.75) is 16.9 Å². The van der Waals surface area contributed by atoms with Gasteiger partial charge in [-0.3, -0.25) is 14.6 Å². The van der Waals surface area contributed by atoms with Gasteiger partial charge in [-0.15, -0.1) is 0 Å². The molecule has 0 radical (unpaired) electrons. The number of carbonyl (C=O) groups excluding carboxylic acids is 3. The van der Waals surface area contributed by atoms with Crippen molar-refractivity contribution in [2.75, 3.05) is 37.7 Å². The van der Waals surface area contributed by atoms with Crippen LogP contribution in [0, 0.1) is 0 Å². The fourth-order valence-corrected chi connectivity index (χ4v) is 4.44. The lowest BCUT2D eigenvalue weighted by Crippen LogP contribution is -2.41. The summed E-state index contributed by atoms with van der Waals surface area (Å²) in [5.74, 6) is -0.922. The molecule has 14 heteroatoms. The first-order valence-electron chi connectivity index (χ1n) is 10.3. The maximum Gasteiger partial charge on any atom is 0.501 e. The molecule has 10 nitrogen and oxygen atoms in total. The quantitative estimate of drug-likeness (QED) is 0.561. The van der Waals surface area contributed by atoms with Crippen LogP contribution in [0.5, 0.6) is 0 Å². The first-order valence-corrected chi connectivity index (χ1v) is 11.8. The predicted octanol–water partition coefficient (Wildman–Crippen LogP) is 1.82. The number of aromatic nitrogens is 1. The number of carbonyl (C=O) groups is 3. The molecule has 1 aromatic heterocycles. The molecule has 2 fully saturated rings. The molecule has 2 saturated heterocycles. The van der Waals surface area contributed by atoms with Gasteiger partial charge in [0.2, 0.25) is 0 Å². The Balaban J connectivity index is 1.48. The van der Waals surface area contributed by atoms with Crippen LogP contribution in [-0.2, 0) is 25.9 Å². The highest BCUT2D eigenvalue weighted by Gasteiger charge is 2.47. The lowest BCUT2D eigenvalue weighted by molar-refractivity contribution is -0.116. The largest absolute Gasteiger partial charge is 0.501 e. The number of amides is 4. The zero-order valence-corrected chi connectivity index (χ0v) is 18.9. The molecule has 0 spiro atoms. The third kappa shape index (κ3) is 4.84. The summed E-state index contributed by atoms with van der Waals surface area (Å²) in [6, 6.07) is 5.68. The van der Waals surface area contributed by atoms with E-state index in [1.807, 2.05) is 0 Å². The fourth-order valence-electron chi connectivity index (χ4n) is 3.67. The van der Waals surface area contributed by atoms with Crippen molar-refractivity contribution in [3.63, 3.8) is 0 Å². The lowest BCUT2D eigenvalue weighted by atomic mass is 10.2. The molecule has 3 heterocycles. The minimum Gasteiger partial charge on any atom is -0.378 e. The summed E-state index contributed by atoms with van der Waals surface area (Å²) in [5.41, 5.74) is -4.81. The normalized spacial score (nSPS) is 17.3. The van der Waals surface area contributed by atoms with Gasteiger partial charge in [-0.05, 0) is 42.0 Å². The molecule has 0 saturated carbocycles. The smallest absolute Gasteiger partial charge is 0.378 e. The summed E-state index contributed by atoms with van der Waals surface area (Å²) in [7, 11) is -5.56. The molecule has 0 bridgehead atoms. The average molecular weight is 512 g/mol. The van der Waals surface area contributed by atoms with Gasteiger partial charge in [-0.1, -0.05) is 0 Å². The molecule has 2 aromatic rings. The molecule has 0 unspecified atom stereocenters.